The summed E-state index contributed by atoms with van der Waals surface area (Å²) in [6.45, 7) is 0. The number of carbonyl (C=O) groups is 1. The highest BCUT2D eigenvalue weighted by Gasteiger charge is 2.02. The molecule has 5 heteroatoms. The van der Waals surface area contributed by atoms with E-state index in [1.807, 2.05) is 0 Å². The molecule has 102 valence electrons. The Hall–Kier alpha value is -1.84. The van der Waals surface area contributed by atoms with Crippen molar-refractivity contribution in [2.24, 2.45) is 0 Å². The van der Waals surface area contributed by atoms with E-state index in [4.69, 9.17) is 23.2 Å². The number of benzene rings is 2. The second-order valence-electron chi connectivity index (χ2n) is 3.98. The quantitative estimate of drug-likeness (QED) is 0.812. The highest BCUT2D eigenvalue weighted by atomic mass is 35.5. The maximum Gasteiger partial charge on any atom is 0.248 e. The summed E-state index contributed by atoms with van der Waals surface area (Å²) in [6, 6.07) is 11.1. The Labute approximate surface area is 125 Å². The summed E-state index contributed by atoms with van der Waals surface area (Å²) in [6.07, 6.45) is 2.87. The number of amides is 1. The summed E-state index contributed by atoms with van der Waals surface area (Å²) in [4.78, 5) is 11.7. The fourth-order valence-corrected chi connectivity index (χ4v) is 1.90. The Morgan fingerprint density at radius 1 is 1.10 bits per heavy atom. The van der Waals surface area contributed by atoms with Gasteiger partial charge in [-0.25, -0.2) is 4.39 Å². The molecule has 0 unspecified atom stereocenters. The summed E-state index contributed by atoms with van der Waals surface area (Å²) in [5.74, 6) is -0.831. The van der Waals surface area contributed by atoms with Gasteiger partial charge in [-0.3, -0.25) is 4.79 Å². The maximum absolute atomic E-state index is 13.0. The van der Waals surface area contributed by atoms with Gasteiger partial charge in [-0.1, -0.05) is 41.4 Å². The van der Waals surface area contributed by atoms with Crippen molar-refractivity contribution in [1.29, 1.82) is 0 Å². The molecular weight excluding hydrogens is 300 g/mol. The van der Waals surface area contributed by atoms with Gasteiger partial charge in [-0.05, 0) is 35.9 Å². The molecule has 0 bridgehead atoms. The van der Waals surface area contributed by atoms with Gasteiger partial charge in [0.2, 0.25) is 5.91 Å². The van der Waals surface area contributed by atoms with Crippen LogP contribution in [0.3, 0.4) is 0 Å². The van der Waals surface area contributed by atoms with Crippen LogP contribution in [0.2, 0.25) is 10.0 Å². The van der Waals surface area contributed by atoms with Crippen molar-refractivity contribution in [2.45, 2.75) is 0 Å². The molecule has 0 radical (unpaired) electrons. The Kier molecular flexibility index (Phi) is 4.77. The standard InChI is InChI=1S/C15H10Cl2FNO/c16-11-3-1-2-4-14(11)19-15(20)8-6-10-5-7-13(18)12(17)9-10/h1-9H,(H,19,20)/b8-6+. The molecule has 1 amide bonds. The number of carbonyl (C=O) groups excluding carboxylic acids is 1. The maximum atomic E-state index is 13.0. The first-order chi connectivity index (χ1) is 9.56. The molecule has 0 saturated carbocycles. The monoisotopic (exact) mass is 309 g/mol. The first kappa shape index (κ1) is 14.6. The zero-order valence-electron chi connectivity index (χ0n) is 10.2. The molecule has 2 rings (SSSR count). The molecule has 0 aromatic heterocycles. The minimum atomic E-state index is -0.496. The highest BCUT2D eigenvalue weighted by molar-refractivity contribution is 6.33. The van der Waals surface area contributed by atoms with E-state index < -0.39 is 5.82 Å². The van der Waals surface area contributed by atoms with E-state index in [2.05, 4.69) is 5.32 Å². The first-order valence-corrected chi connectivity index (χ1v) is 6.50. The van der Waals surface area contributed by atoms with E-state index in [-0.39, 0.29) is 10.9 Å². The lowest BCUT2D eigenvalue weighted by molar-refractivity contribution is -0.111. The van der Waals surface area contributed by atoms with E-state index >= 15 is 0 Å². The lowest BCUT2D eigenvalue weighted by Gasteiger charge is -2.03. The zero-order valence-corrected chi connectivity index (χ0v) is 11.8. The van der Waals surface area contributed by atoms with Crippen molar-refractivity contribution >= 4 is 40.9 Å². The summed E-state index contributed by atoms with van der Waals surface area (Å²) in [5, 5.41) is 3.11. The largest absolute Gasteiger partial charge is 0.321 e. The summed E-state index contributed by atoms with van der Waals surface area (Å²) < 4.78 is 13.0. The van der Waals surface area contributed by atoms with Crippen molar-refractivity contribution in [3.05, 3.63) is 70.0 Å². The second-order valence-corrected chi connectivity index (χ2v) is 4.79. The molecule has 2 aromatic carbocycles. The number of para-hydroxylation sites is 1. The number of rotatable bonds is 3. The fraction of sp³-hybridized carbons (Fsp3) is 0. The minimum absolute atomic E-state index is 0.0126. The fourth-order valence-electron chi connectivity index (χ4n) is 1.52. The average molecular weight is 310 g/mol. The van der Waals surface area contributed by atoms with Gasteiger partial charge in [-0.2, -0.15) is 0 Å². The highest BCUT2D eigenvalue weighted by Crippen LogP contribution is 2.20. The summed E-state index contributed by atoms with van der Waals surface area (Å²) in [7, 11) is 0. The lowest BCUT2D eigenvalue weighted by Crippen LogP contribution is -2.07. The minimum Gasteiger partial charge on any atom is -0.321 e. The lowest BCUT2D eigenvalue weighted by atomic mass is 10.2. The van der Waals surface area contributed by atoms with Crippen LogP contribution in [0.15, 0.2) is 48.5 Å². The van der Waals surface area contributed by atoms with Crippen LogP contribution < -0.4 is 5.32 Å². The molecule has 2 nitrogen and oxygen atoms in total. The molecule has 20 heavy (non-hydrogen) atoms. The predicted molar refractivity (Wildman–Crippen MR) is 80.5 cm³/mol. The molecule has 0 atom stereocenters. The first-order valence-electron chi connectivity index (χ1n) is 5.75. The van der Waals surface area contributed by atoms with Gasteiger partial charge in [0.1, 0.15) is 5.82 Å². The van der Waals surface area contributed by atoms with Gasteiger partial charge in [0.05, 0.1) is 15.7 Å². The van der Waals surface area contributed by atoms with Crippen LogP contribution >= 0.6 is 23.2 Å². The molecule has 0 fully saturated rings. The topological polar surface area (TPSA) is 29.1 Å². The van der Waals surface area contributed by atoms with E-state index in [1.54, 1.807) is 24.3 Å². The van der Waals surface area contributed by atoms with Crippen molar-refractivity contribution in [1.82, 2.24) is 0 Å². The predicted octanol–water partition coefficient (Wildman–Crippen LogP) is 4.78. The summed E-state index contributed by atoms with van der Waals surface area (Å²) >= 11 is 11.6. The van der Waals surface area contributed by atoms with Crippen LogP contribution in [-0.2, 0) is 4.79 Å². The van der Waals surface area contributed by atoms with Crippen molar-refractivity contribution in [3.8, 4) is 0 Å². The van der Waals surface area contributed by atoms with Crippen molar-refractivity contribution in [3.63, 3.8) is 0 Å². The third-order valence-electron chi connectivity index (χ3n) is 2.50. The second kappa shape index (κ2) is 6.55. The molecule has 0 aliphatic rings. The van der Waals surface area contributed by atoms with Gasteiger partial charge < -0.3 is 5.32 Å². The van der Waals surface area contributed by atoms with Crippen LogP contribution in [0.4, 0.5) is 10.1 Å². The molecule has 1 N–H and O–H groups in total. The van der Waals surface area contributed by atoms with Crippen LogP contribution in [0, 0.1) is 5.82 Å². The number of hydrogen-bond donors (Lipinski definition) is 1. The Balaban J connectivity index is 2.06. The molecular formula is C15H10Cl2FNO. The Morgan fingerprint density at radius 3 is 2.55 bits per heavy atom. The van der Waals surface area contributed by atoms with Gasteiger partial charge in [0, 0.05) is 6.08 Å². The molecule has 2 aromatic rings. The van der Waals surface area contributed by atoms with Crippen LogP contribution in [0.25, 0.3) is 6.08 Å². The van der Waals surface area contributed by atoms with Crippen LogP contribution in [-0.4, -0.2) is 5.91 Å². The number of nitrogens with one attached hydrogen (secondary N) is 1. The molecule has 0 spiro atoms. The Morgan fingerprint density at radius 2 is 1.85 bits per heavy atom. The Bertz CT molecular complexity index is 671. The van der Waals surface area contributed by atoms with Gasteiger partial charge in [0.25, 0.3) is 0 Å². The van der Waals surface area contributed by atoms with E-state index in [0.29, 0.717) is 16.3 Å². The smallest absolute Gasteiger partial charge is 0.248 e. The van der Waals surface area contributed by atoms with Gasteiger partial charge in [-0.15, -0.1) is 0 Å². The average Bonchev–Trinajstić information content (AvgIpc) is 2.43. The third kappa shape index (κ3) is 3.83. The number of anilines is 1. The SMILES string of the molecule is O=C(/C=C/c1ccc(F)c(Cl)c1)Nc1ccccc1Cl. The van der Waals surface area contributed by atoms with E-state index in [9.17, 15) is 9.18 Å². The van der Waals surface area contributed by atoms with Gasteiger partial charge in [0.15, 0.2) is 0 Å². The number of hydrogen-bond acceptors (Lipinski definition) is 1. The number of halogens is 3. The van der Waals surface area contributed by atoms with Crippen LogP contribution in [0.1, 0.15) is 5.56 Å². The van der Waals surface area contributed by atoms with Crippen LogP contribution in [0.5, 0.6) is 0 Å². The van der Waals surface area contributed by atoms with E-state index in [1.165, 1.54) is 30.4 Å². The molecule has 0 aliphatic heterocycles. The third-order valence-corrected chi connectivity index (χ3v) is 3.12. The van der Waals surface area contributed by atoms with Gasteiger partial charge >= 0.3 is 0 Å². The molecule has 0 saturated heterocycles. The van der Waals surface area contributed by atoms with Crippen molar-refractivity contribution in [2.75, 3.05) is 5.32 Å². The van der Waals surface area contributed by atoms with E-state index in [0.717, 1.165) is 0 Å². The molecule has 0 heterocycles. The summed E-state index contributed by atoms with van der Waals surface area (Å²) in [5.41, 5.74) is 1.16. The molecule has 0 aliphatic carbocycles. The zero-order chi connectivity index (χ0) is 14.5. The normalized spacial score (nSPS) is 10.8. The van der Waals surface area contributed by atoms with Crippen molar-refractivity contribution < 1.29 is 9.18 Å².